The second-order valence-electron chi connectivity index (χ2n) is 5.06. The van der Waals surface area contributed by atoms with E-state index in [1.165, 1.54) is 24.0 Å². The van der Waals surface area contributed by atoms with E-state index in [2.05, 4.69) is 26.8 Å². The second-order valence-corrected chi connectivity index (χ2v) is 5.93. The molecule has 0 amide bonds. The summed E-state index contributed by atoms with van der Waals surface area (Å²) in [7, 11) is 0. The molecule has 1 aliphatic rings. The van der Waals surface area contributed by atoms with E-state index >= 15 is 0 Å². The van der Waals surface area contributed by atoms with Gasteiger partial charge in [0.15, 0.2) is 0 Å². The van der Waals surface area contributed by atoms with Crippen LogP contribution in [-0.2, 0) is 0 Å². The van der Waals surface area contributed by atoms with Crippen molar-refractivity contribution in [2.45, 2.75) is 39.0 Å². The fraction of sp³-hybridized carbons (Fsp3) is 0.571. The Morgan fingerprint density at radius 2 is 1.75 bits per heavy atom. The van der Waals surface area contributed by atoms with E-state index in [1.54, 1.807) is 0 Å². The van der Waals surface area contributed by atoms with Gasteiger partial charge in [-0.3, -0.25) is 0 Å². The molecule has 0 heterocycles. The van der Waals surface area contributed by atoms with E-state index in [4.69, 9.17) is 23.2 Å². The van der Waals surface area contributed by atoms with Gasteiger partial charge in [0, 0.05) is 5.02 Å². The van der Waals surface area contributed by atoms with Gasteiger partial charge in [-0.2, -0.15) is 0 Å². The molecule has 1 saturated carbocycles. The number of halogens is 2. The summed E-state index contributed by atoms with van der Waals surface area (Å²) in [6.45, 7) is 6.43. The van der Waals surface area contributed by atoms with Crippen LogP contribution in [0.5, 0.6) is 0 Å². The molecule has 2 heteroatoms. The van der Waals surface area contributed by atoms with Crippen LogP contribution in [0.15, 0.2) is 12.1 Å². The van der Waals surface area contributed by atoms with Gasteiger partial charge in [-0.1, -0.05) is 24.6 Å². The zero-order valence-electron chi connectivity index (χ0n) is 10.1. The highest BCUT2D eigenvalue weighted by Gasteiger charge is 2.33. The summed E-state index contributed by atoms with van der Waals surface area (Å²) in [6.07, 6.45) is 2.65. The monoisotopic (exact) mass is 256 g/mol. The van der Waals surface area contributed by atoms with Crippen molar-refractivity contribution < 1.29 is 0 Å². The lowest BCUT2D eigenvalue weighted by Gasteiger charge is -2.20. The van der Waals surface area contributed by atoms with E-state index < -0.39 is 0 Å². The largest absolute Gasteiger partial charge is 0.117 e. The molecule has 1 fully saturated rings. The Morgan fingerprint density at radius 1 is 1.19 bits per heavy atom. The van der Waals surface area contributed by atoms with Gasteiger partial charge in [0.25, 0.3) is 0 Å². The van der Waals surface area contributed by atoms with Gasteiger partial charge in [0.1, 0.15) is 0 Å². The molecule has 1 aromatic carbocycles. The zero-order chi connectivity index (χ0) is 11.9. The first kappa shape index (κ1) is 12.3. The Kier molecular flexibility index (Phi) is 3.51. The summed E-state index contributed by atoms with van der Waals surface area (Å²) in [5.74, 6) is 1.33. The molecule has 0 N–H and O–H groups in total. The molecule has 88 valence electrons. The van der Waals surface area contributed by atoms with Crippen molar-refractivity contribution in [2.75, 3.05) is 0 Å². The lowest BCUT2D eigenvalue weighted by molar-refractivity contribution is 0.491. The quantitative estimate of drug-likeness (QED) is 0.646. The number of alkyl halides is 1. The average Bonchev–Trinajstić information content (AvgIpc) is 3.05. The normalized spacial score (nSPS) is 19.6. The maximum atomic E-state index is 6.54. The molecule has 0 aliphatic heterocycles. The minimum absolute atomic E-state index is 0.0549. The predicted molar refractivity (Wildman–Crippen MR) is 71.4 cm³/mol. The van der Waals surface area contributed by atoms with E-state index in [0.717, 1.165) is 16.5 Å². The van der Waals surface area contributed by atoms with Crippen molar-refractivity contribution in [3.05, 3.63) is 33.8 Å². The van der Waals surface area contributed by atoms with E-state index in [9.17, 15) is 0 Å². The van der Waals surface area contributed by atoms with Crippen LogP contribution >= 0.6 is 23.2 Å². The van der Waals surface area contributed by atoms with Gasteiger partial charge in [-0.25, -0.2) is 0 Å². The fourth-order valence-electron chi connectivity index (χ4n) is 2.16. The number of hydrogen-bond acceptors (Lipinski definition) is 0. The third kappa shape index (κ3) is 2.38. The van der Waals surface area contributed by atoms with Crippen LogP contribution in [0.25, 0.3) is 0 Å². The van der Waals surface area contributed by atoms with E-state index in [-0.39, 0.29) is 5.38 Å². The lowest BCUT2D eigenvalue weighted by atomic mass is 9.94. The molecular formula is C14H18Cl2. The summed E-state index contributed by atoms with van der Waals surface area (Å²) in [5.41, 5.74) is 3.61. The van der Waals surface area contributed by atoms with Crippen LogP contribution in [0, 0.1) is 25.7 Å². The van der Waals surface area contributed by atoms with Gasteiger partial charge in [0.05, 0.1) is 5.38 Å². The van der Waals surface area contributed by atoms with Crippen LogP contribution in [0.1, 0.15) is 41.8 Å². The maximum absolute atomic E-state index is 6.54. The number of aryl methyl sites for hydroxylation is 2. The van der Waals surface area contributed by atoms with Crippen LogP contribution in [0.4, 0.5) is 0 Å². The summed E-state index contributed by atoms with van der Waals surface area (Å²) in [5, 5.41) is 0.870. The average molecular weight is 257 g/mol. The first-order valence-electron chi connectivity index (χ1n) is 5.91. The molecule has 0 bridgehead atoms. The van der Waals surface area contributed by atoms with Crippen molar-refractivity contribution in [1.29, 1.82) is 0 Å². The Morgan fingerprint density at radius 3 is 2.31 bits per heavy atom. The molecule has 2 atom stereocenters. The van der Waals surface area contributed by atoms with Crippen molar-refractivity contribution in [3.8, 4) is 0 Å². The summed E-state index contributed by atoms with van der Waals surface area (Å²) < 4.78 is 0. The van der Waals surface area contributed by atoms with Crippen molar-refractivity contribution in [2.24, 2.45) is 11.8 Å². The van der Waals surface area contributed by atoms with Crippen LogP contribution in [0.2, 0.25) is 5.02 Å². The third-order valence-corrected chi connectivity index (χ3v) is 4.70. The Hall–Kier alpha value is -0.200. The number of rotatable bonds is 3. The van der Waals surface area contributed by atoms with Gasteiger partial charge in [-0.05, 0) is 61.3 Å². The molecule has 16 heavy (non-hydrogen) atoms. The number of benzene rings is 1. The van der Waals surface area contributed by atoms with Gasteiger partial charge < -0.3 is 0 Å². The second kappa shape index (κ2) is 4.58. The first-order valence-corrected chi connectivity index (χ1v) is 6.73. The highest BCUT2D eigenvalue weighted by atomic mass is 35.5. The van der Waals surface area contributed by atoms with E-state index in [1.807, 2.05) is 6.07 Å². The van der Waals surface area contributed by atoms with Crippen LogP contribution < -0.4 is 0 Å². The molecule has 1 aromatic rings. The molecule has 0 nitrogen and oxygen atoms in total. The van der Waals surface area contributed by atoms with Crippen molar-refractivity contribution >= 4 is 23.2 Å². The third-order valence-electron chi connectivity index (χ3n) is 3.74. The standard InChI is InChI=1S/C14H18Cl2/c1-8-6-12(13(15)7-9(8)2)14(16)10(3)11-4-5-11/h6-7,10-11,14H,4-5H2,1-3H3. The van der Waals surface area contributed by atoms with Gasteiger partial charge >= 0.3 is 0 Å². The molecule has 2 unspecified atom stereocenters. The molecule has 0 aromatic heterocycles. The first-order chi connectivity index (χ1) is 7.50. The Balaban J connectivity index is 2.28. The molecule has 0 radical (unpaired) electrons. The maximum Gasteiger partial charge on any atom is 0.0628 e. The van der Waals surface area contributed by atoms with Crippen molar-refractivity contribution in [1.82, 2.24) is 0 Å². The summed E-state index contributed by atoms with van der Waals surface area (Å²) in [4.78, 5) is 0. The van der Waals surface area contributed by atoms with E-state index in [0.29, 0.717) is 5.92 Å². The summed E-state index contributed by atoms with van der Waals surface area (Å²) in [6, 6.07) is 4.18. The summed E-state index contributed by atoms with van der Waals surface area (Å²) >= 11 is 12.8. The number of hydrogen-bond donors (Lipinski definition) is 0. The molecule has 0 saturated heterocycles. The Labute approximate surface area is 108 Å². The predicted octanol–water partition coefficient (Wildman–Crippen LogP) is 5.28. The molecular weight excluding hydrogens is 239 g/mol. The fourth-order valence-corrected chi connectivity index (χ4v) is 2.94. The van der Waals surface area contributed by atoms with Gasteiger partial charge in [-0.15, -0.1) is 11.6 Å². The minimum atomic E-state index is 0.0549. The minimum Gasteiger partial charge on any atom is -0.117 e. The smallest absolute Gasteiger partial charge is 0.0628 e. The molecule has 0 spiro atoms. The van der Waals surface area contributed by atoms with Crippen molar-refractivity contribution in [3.63, 3.8) is 0 Å². The SMILES string of the molecule is Cc1cc(Cl)c(C(Cl)C(C)C2CC2)cc1C. The zero-order valence-corrected chi connectivity index (χ0v) is 11.6. The van der Waals surface area contributed by atoms with Crippen LogP contribution in [0.3, 0.4) is 0 Å². The molecule has 2 rings (SSSR count). The lowest BCUT2D eigenvalue weighted by Crippen LogP contribution is -2.07. The topological polar surface area (TPSA) is 0 Å². The Bertz CT molecular complexity index is 394. The highest BCUT2D eigenvalue weighted by molar-refractivity contribution is 6.33. The highest BCUT2D eigenvalue weighted by Crippen LogP contribution is 2.46. The van der Waals surface area contributed by atoms with Crippen LogP contribution in [-0.4, -0.2) is 0 Å². The molecule has 1 aliphatic carbocycles. The van der Waals surface area contributed by atoms with Gasteiger partial charge in [0.2, 0.25) is 0 Å².